The number of nitrogens with zero attached hydrogens (tertiary/aromatic N) is 1. The van der Waals surface area contributed by atoms with E-state index in [4.69, 9.17) is 9.15 Å². The van der Waals surface area contributed by atoms with Gasteiger partial charge in [-0.25, -0.2) is 0 Å². The van der Waals surface area contributed by atoms with Crippen molar-refractivity contribution in [2.75, 3.05) is 13.3 Å². The summed E-state index contributed by atoms with van der Waals surface area (Å²) < 4.78 is 11.9. The van der Waals surface area contributed by atoms with Crippen LogP contribution in [0.1, 0.15) is 57.4 Å². The summed E-state index contributed by atoms with van der Waals surface area (Å²) in [6.07, 6.45) is 2.21. The van der Waals surface area contributed by atoms with E-state index < -0.39 is 0 Å². The number of benzene rings is 2. The Morgan fingerprint density at radius 3 is 2.59 bits per heavy atom. The van der Waals surface area contributed by atoms with Crippen molar-refractivity contribution in [3.63, 3.8) is 0 Å². The van der Waals surface area contributed by atoms with Crippen LogP contribution in [0, 0.1) is 0 Å². The van der Waals surface area contributed by atoms with Crippen LogP contribution in [0.25, 0.3) is 11.0 Å². The second-order valence-electron chi connectivity index (χ2n) is 7.11. The van der Waals surface area contributed by atoms with Crippen LogP contribution < -0.4 is 4.74 Å². The zero-order valence-electron chi connectivity index (χ0n) is 15.1. The fourth-order valence-corrected chi connectivity index (χ4v) is 3.96. The quantitative estimate of drug-likeness (QED) is 0.548. The van der Waals surface area contributed by atoms with E-state index in [0.29, 0.717) is 40.9 Å². The molecule has 5 heteroatoms. The molecule has 0 fully saturated rings. The third-order valence-corrected chi connectivity index (χ3v) is 5.38. The maximum absolute atomic E-state index is 13.0. The van der Waals surface area contributed by atoms with Crippen LogP contribution in [-0.4, -0.2) is 29.7 Å². The molecule has 0 N–H and O–H groups in total. The summed E-state index contributed by atoms with van der Waals surface area (Å²) in [6, 6.07) is 10.6. The first-order valence-electron chi connectivity index (χ1n) is 9.31. The molecule has 1 aromatic heterocycles. The fourth-order valence-electron chi connectivity index (χ4n) is 3.96. The third-order valence-electron chi connectivity index (χ3n) is 5.38. The molecule has 2 aliphatic rings. The second kappa shape index (κ2) is 6.06. The molecule has 0 amide bonds. The summed E-state index contributed by atoms with van der Waals surface area (Å²) in [6.45, 7) is 4.33. The van der Waals surface area contributed by atoms with E-state index in [1.165, 1.54) is 0 Å². The summed E-state index contributed by atoms with van der Waals surface area (Å²) in [7, 11) is 0. The van der Waals surface area contributed by atoms with Crippen molar-refractivity contribution in [2.45, 2.75) is 26.3 Å². The molecule has 5 rings (SSSR count). The van der Waals surface area contributed by atoms with Gasteiger partial charge in [-0.2, -0.15) is 0 Å². The first-order valence-corrected chi connectivity index (χ1v) is 9.31. The van der Waals surface area contributed by atoms with Crippen LogP contribution in [0.15, 0.2) is 40.8 Å². The molecule has 5 nitrogen and oxygen atoms in total. The van der Waals surface area contributed by atoms with E-state index in [0.717, 1.165) is 30.7 Å². The van der Waals surface area contributed by atoms with Crippen molar-refractivity contribution in [1.29, 1.82) is 0 Å². The molecule has 2 heterocycles. The molecule has 2 aromatic carbocycles. The molecule has 0 radical (unpaired) electrons. The number of hydrogen-bond donors (Lipinski definition) is 0. The van der Waals surface area contributed by atoms with E-state index in [9.17, 15) is 9.59 Å². The Hall–Kier alpha value is -2.92. The highest BCUT2D eigenvalue weighted by Crippen LogP contribution is 2.40. The Balaban J connectivity index is 1.67. The van der Waals surface area contributed by atoms with Crippen molar-refractivity contribution in [3.8, 4) is 5.75 Å². The lowest BCUT2D eigenvalue weighted by molar-refractivity contribution is 0.0938. The topological polar surface area (TPSA) is 59.8 Å². The molecule has 1 aliphatic heterocycles. The monoisotopic (exact) mass is 361 g/mol. The fraction of sp³-hybridized carbons (Fsp3) is 0.273. The van der Waals surface area contributed by atoms with Gasteiger partial charge >= 0.3 is 0 Å². The molecule has 3 aromatic rings. The molecule has 0 saturated carbocycles. The molecular weight excluding hydrogens is 342 g/mol. The van der Waals surface area contributed by atoms with Gasteiger partial charge in [0.2, 0.25) is 5.78 Å². The molecule has 0 atom stereocenters. The minimum absolute atomic E-state index is 0.146. The smallest absolute Gasteiger partial charge is 0.229 e. The minimum atomic E-state index is -0.232. The van der Waals surface area contributed by atoms with E-state index in [1.807, 2.05) is 12.1 Å². The molecule has 0 saturated heterocycles. The zero-order chi connectivity index (χ0) is 18.5. The van der Waals surface area contributed by atoms with Crippen molar-refractivity contribution >= 4 is 22.5 Å². The van der Waals surface area contributed by atoms with E-state index in [1.54, 1.807) is 24.3 Å². The predicted octanol–water partition coefficient (Wildman–Crippen LogP) is 4.16. The summed E-state index contributed by atoms with van der Waals surface area (Å²) in [5.74, 6) is 0.523. The Bertz CT molecular complexity index is 1100. The first-order chi connectivity index (χ1) is 13.2. The molecule has 0 unspecified atom stereocenters. The summed E-state index contributed by atoms with van der Waals surface area (Å²) in [4.78, 5) is 28.2. The van der Waals surface area contributed by atoms with E-state index in [2.05, 4.69) is 11.8 Å². The number of fused-ring (bicyclic) bond motifs is 6. The van der Waals surface area contributed by atoms with Crippen molar-refractivity contribution in [2.24, 2.45) is 0 Å². The number of carbonyl (C=O) groups is 2. The largest absolute Gasteiger partial charge is 0.478 e. The summed E-state index contributed by atoms with van der Waals surface area (Å²) in [5.41, 5.74) is 2.73. The lowest BCUT2D eigenvalue weighted by Gasteiger charge is -2.28. The Morgan fingerprint density at radius 2 is 1.81 bits per heavy atom. The van der Waals surface area contributed by atoms with E-state index >= 15 is 0 Å². The van der Waals surface area contributed by atoms with Crippen LogP contribution in [-0.2, 0) is 6.54 Å². The van der Waals surface area contributed by atoms with Crippen LogP contribution in [0.2, 0.25) is 0 Å². The standard InChI is InChI=1S/C22H19NO4/c1-2-3-10-23-11-16-17(26-12-23)9-8-15-18-19(24)13-6-4-5-7-14(13)20(25)22(18)27-21(15)16/h4-9H,2-3,10-12H2,1H3. The molecule has 1 aliphatic carbocycles. The Kier molecular flexibility index (Phi) is 3.65. The first kappa shape index (κ1) is 16.3. The maximum atomic E-state index is 13.0. The normalized spacial score (nSPS) is 16.0. The van der Waals surface area contributed by atoms with Crippen molar-refractivity contribution in [1.82, 2.24) is 4.90 Å². The summed E-state index contributed by atoms with van der Waals surface area (Å²) >= 11 is 0. The van der Waals surface area contributed by atoms with Gasteiger partial charge < -0.3 is 9.15 Å². The lowest BCUT2D eigenvalue weighted by atomic mass is 9.87. The minimum Gasteiger partial charge on any atom is -0.478 e. The summed E-state index contributed by atoms with van der Waals surface area (Å²) in [5, 5.41) is 0.692. The maximum Gasteiger partial charge on any atom is 0.229 e. The van der Waals surface area contributed by atoms with Gasteiger partial charge in [-0.3, -0.25) is 14.5 Å². The average molecular weight is 361 g/mol. The number of furan rings is 1. The number of unbranched alkanes of at least 4 members (excludes halogenated alkanes) is 1. The number of ketones is 2. The van der Waals surface area contributed by atoms with Gasteiger partial charge in [-0.1, -0.05) is 37.6 Å². The third kappa shape index (κ3) is 2.35. The highest BCUT2D eigenvalue weighted by molar-refractivity contribution is 6.31. The SMILES string of the molecule is CCCCN1COc2ccc3c4c(oc3c2C1)C(=O)c1ccccc1C4=O. The van der Waals surface area contributed by atoms with Gasteiger partial charge in [-0.05, 0) is 18.6 Å². The number of hydrogen-bond acceptors (Lipinski definition) is 5. The van der Waals surface area contributed by atoms with Gasteiger partial charge in [0.05, 0.1) is 11.1 Å². The lowest BCUT2D eigenvalue weighted by Crippen LogP contribution is -2.32. The van der Waals surface area contributed by atoms with Crippen molar-refractivity contribution < 1.29 is 18.7 Å². The Labute approximate surface area is 156 Å². The predicted molar refractivity (Wildman–Crippen MR) is 100 cm³/mol. The van der Waals surface area contributed by atoms with Gasteiger partial charge in [0, 0.05) is 29.6 Å². The van der Waals surface area contributed by atoms with Gasteiger partial charge in [-0.15, -0.1) is 0 Å². The molecule has 0 bridgehead atoms. The van der Waals surface area contributed by atoms with Crippen LogP contribution in [0.3, 0.4) is 0 Å². The Morgan fingerprint density at radius 1 is 1.04 bits per heavy atom. The highest BCUT2D eigenvalue weighted by atomic mass is 16.5. The number of ether oxygens (including phenoxy) is 1. The zero-order valence-corrected chi connectivity index (χ0v) is 15.1. The number of rotatable bonds is 3. The molecular formula is C22H19NO4. The van der Waals surface area contributed by atoms with Crippen LogP contribution >= 0.6 is 0 Å². The molecule has 27 heavy (non-hydrogen) atoms. The molecule has 0 spiro atoms. The van der Waals surface area contributed by atoms with Gasteiger partial charge in [0.25, 0.3) is 0 Å². The highest BCUT2D eigenvalue weighted by Gasteiger charge is 2.36. The number of carbonyl (C=O) groups excluding carboxylic acids is 2. The van der Waals surface area contributed by atoms with Gasteiger partial charge in [0.1, 0.15) is 18.1 Å². The van der Waals surface area contributed by atoms with Crippen molar-refractivity contribution in [3.05, 3.63) is 64.4 Å². The average Bonchev–Trinajstić information content (AvgIpc) is 3.11. The second-order valence-corrected chi connectivity index (χ2v) is 7.11. The van der Waals surface area contributed by atoms with Gasteiger partial charge in [0.15, 0.2) is 11.5 Å². The van der Waals surface area contributed by atoms with E-state index in [-0.39, 0.29) is 17.3 Å². The molecule has 136 valence electrons. The van der Waals surface area contributed by atoms with Crippen LogP contribution in [0.4, 0.5) is 0 Å². The van der Waals surface area contributed by atoms with Crippen LogP contribution in [0.5, 0.6) is 5.75 Å².